The van der Waals surface area contributed by atoms with Gasteiger partial charge in [-0.25, -0.2) is 4.39 Å². The molecule has 3 rings (SSSR count). The summed E-state index contributed by atoms with van der Waals surface area (Å²) in [4.78, 5) is 0. The van der Waals surface area contributed by atoms with Crippen molar-refractivity contribution in [2.75, 3.05) is 0 Å². The maximum absolute atomic E-state index is 13.8. The molecule has 0 amide bonds. The van der Waals surface area contributed by atoms with Gasteiger partial charge in [0, 0.05) is 24.7 Å². The maximum atomic E-state index is 13.8. The van der Waals surface area contributed by atoms with Crippen molar-refractivity contribution in [2.24, 2.45) is 18.7 Å². The van der Waals surface area contributed by atoms with Crippen LogP contribution in [0.1, 0.15) is 37.3 Å². The molecule has 1 fully saturated rings. The SMILES string of the molecule is Cn1cc(C(N)C2CCCC2)c2cccc(F)c21. The van der Waals surface area contributed by atoms with Crippen molar-refractivity contribution < 1.29 is 4.39 Å². The Bertz CT molecular complexity index is 567. The highest BCUT2D eigenvalue weighted by molar-refractivity contribution is 5.85. The van der Waals surface area contributed by atoms with Gasteiger partial charge in [0.25, 0.3) is 0 Å². The molecule has 3 heteroatoms. The minimum atomic E-state index is -0.167. The Hall–Kier alpha value is -1.35. The Kier molecular flexibility index (Phi) is 2.86. The number of halogens is 1. The second-order valence-electron chi connectivity index (χ2n) is 5.40. The van der Waals surface area contributed by atoms with Crippen molar-refractivity contribution in [2.45, 2.75) is 31.7 Å². The van der Waals surface area contributed by atoms with Gasteiger partial charge in [-0.3, -0.25) is 0 Å². The van der Waals surface area contributed by atoms with E-state index in [0.717, 1.165) is 10.9 Å². The first-order valence-electron chi connectivity index (χ1n) is 6.67. The van der Waals surface area contributed by atoms with E-state index < -0.39 is 0 Å². The van der Waals surface area contributed by atoms with E-state index >= 15 is 0 Å². The van der Waals surface area contributed by atoms with E-state index in [1.54, 1.807) is 6.07 Å². The molecule has 1 aromatic heterocycles. The third-order valence-corrected chi connectivity index (χ3v) is 4.25. The Morgan fingerprint density at radius 2 is 2.06 bits per heavy atom. The molecule has 0 spiro atoms. The van der Waals surface area contributed by atoms with Crippen molar-refractivity contribution in [3.05, 3.63) is 35.8 Å². The van der Waals surface area contributed by atoms with Crippen LogP contribution in [0.3, 0.4) is 0 Å². The quantitative estimate of drug-likeness (QED) is 0.863. The Morgan fingerprint density at radius 3 is 2.78 bits per heavy atom. The Balaban J connectivity index is 2.09. The number of hydrogen-bond donors (Lipinski definition) is 1. The van der Waals surface area contributed by atoms with E-state index in [4.69, 9.17) is 5.73 Å². The molecule has 2 N–H and O–H groups in total. The molecule has 1 aliphatic carbocycles. The summed E-state index contributed by atoms with van der Waals surface area (Å²) in [5.41, 5.74) is 8.16. The number of benzene rings is 1. The fraction of sp³-hybridized carbons (Fsp3) is 0.467. The molecule has 2 nitrogen and oxygen atoms in total. The minimum absolute atomic E-state index is 0.0398. The highest BCUT2D eigenvalue weighted by atomic mass is 19.1. The zero-order valence-electron chi connectivity index (χ0n) is 10.7. The fourth-order valence-electron chi connectivity index (χ4n) is 3.29. The topological polar surface area (TPSA) is 30.9 Å². The van der Waals surface area contributed by atoms with Gasteiger partial charge in [-0.1, -0.05) is 25.0 Å². The van der Waals surface area contributed by atoms with E-state index in [-0.39, 0.29) is 11.9 Å². The first-order valence-corrected chi connectivity index (χ1v) is 6.67. The molecule has 96 valence electrons. The van der Waals surface area contributed by atoms with Crippen LogP contribution in [0.2, 0.25) is 0 Å². The third kappa shape index (κ3) is 1.74. The lowest BCUT2D eigenvalue weighted by Crippen LogP contribution is -2.18. The van der Waals surface area contributed by atoms with Crippen LogP contribution in [0, 0.1) is 11.7 Å². The summed E-state index contributed by atoms with van der Waals surface area (Å²) in [6.07, 6.45) is 6.95. The Morgan fingerprint density at radius 1 is 1.33 bits per heavy atom. The number of nitrogens with two attached hydrogens (primary N) is 1. The molecule has 1 heterocycles. The summed E-state index contributed by atoms with van der Waals surface area (Å²) in [6.45, 7) is 0. The number of aromatic nitrogens is 1. The van der Waals surface area contributed by atoms with Crippen molar-refractivity contribution in [1.82, 2.24) is 4.57 Å². The molecule has 0 aliphatic heterocycles. The van der Waals surface area contributed by atoms with Gasteiger partial charge >= 0.3 is 0 Å². The number of aryl methyl sites for hydroxylation is 1. The summed E-state index contributed by atoms with van der Waals surface area (Å²) in [6, 6.07) is 5.29. The van der Waals surface area contributed by atoms with Gasteiger partial charge in [-0.2, -0.15) is 0 Å². The molecule has 1 saturated carbocycles. The molecular formula is C15H19FN2. The van der Waals surface area contributed by atoms with Gasteiger partial charge in [0.15, 0.2) is 0 Å². The molecule has 1 aromatic carbocycles. The van der Waals surface area contributed by atoms with Crippen LogP contribution < -0.4 is 5.73 Å². The van der Waals surface area contributed by atoms with E-state index in [0.29, 0.717) is 11.4 Å². The van der Waals surface area contributed by atoms with Crippen molar-refractivity contribution in [3.63, 3.8) is 0 Å². The summed E-state index contributed by atoms with van der Waals surface area (Å²) in [5, 5.41) is 0.969. The summed E-state index contributed by atoms with van der Waals surface area (Å²) < 4.78 is 15.7. The lowest BCUT2D eigenvalue weighted by Gasteiger charge is -2.18. The van der Waals surface area contributed by atoms with Gasteiger partial charge in [0.2, 0.25) is 0 Å². The molecule has 2 aromatic rings. The zero-order chi connectivity index (χ0) is 12.7. The van der Waals surface area contributed by atoms with Gasteiger partial charge < -0.3 is 10.3 Å². The monoisotopic (exact) mass is 246 g/mol. The van der Waals surface area contributed by atoms with Gasteiger partial charge in [-0.05, 0) is 30.4 Å². The predicted molar refractivity (Wildman–Crippen MR) is 71.8 cm³/mol. The van der Waals surface area contributed by atoms with Crippen LogP contribution in [0.15, 0.2) is 24.4 Å². The van der Waals surface area contributed by atoms with E-state index in [2.05, 4.69) is 0 Å². The van der Waals surface area contributed by atoms with Gasteiger partial charge in [0.1, 0.15) is 5.82 Å². The molecule has 0 bridgehead atoms. The van der Waals surface area contributed by atoms with E-state index in [9.17, 15) is 4.39 Å². The molecule has 1 atom stereocenters. The van der Waals surface area contributed by atoms with Gasteiger partial charge in [-0.15, -0.1) is 0 Å². The highest BCUT2D eigenvalue weighted by Crippen LogP contribution is 2.37. The lowest BCUT2D eigenvalue weighted by atomic mass is 9.92. The lowest BCUT2D eigenvalue weighted by molar-refractivity contribution is 0.446. The maximum Gasteiger partial charge on any atom is 0.147 e. The summed E-state index contributed by atoms with van der Waals surface area (Å²) in [7, 11) is 1.89. The molecule has 1 unspecified atom stereocenters. The van der Waals surface area contributed by atoms with E-state index in [1.807, 2.05) is 23.9 Å². The second kappa shape index (κ2) is 4.39. The second-order valence-corrected chi connectivity index (χ2v) is 5.40. The normalized spacial score (nSPS) is 18.6. The zero-order valence-corrected chi connectivity index (χ0v) is 10.7. The number of rotatable bonds is 2. The van der Waals surface area contributed by atoms with Crippen LogP contribution in [0.25, 0.3) is 10.9 Å². The van der Waals surface area contributed by atoms with Gasteiger partial charge in [0.05, 0.1) is 5.52 Å². The average molecular weight is 246 g/mol. The first kappa shape index (κ1) is 11.7. The number of para-hydroxylation sites is 1. The minimum Gasteiger partial charge on any atom is -0.348 e. The summed E-state index contributed by atoms with van der Waals surface area (Å²) >= 11 is 0. The van der Waals surface area contributed by atoms with Crippen LogP contribution in [-0.2, 0) is 7.05 Å². The highest BCUT2D eigenvalue weighted by Gasteiger charge is 2.26. The number of nitrogens with zero attached hydrogens (tertiary/aromatic N) is 1. The Labute approximate surface area is 107 Å². The predicted octanol–water partition coefficient (Wildman–Crippen LogP) is 3.51. The smallest absolute Gasteiger partial charge is 0.147 e. The van der Waals surface area contributed by atoms with Crippen LogP contribution in [-0.4, -0.2) is 4.57 Å². The third-order valence-electron chi connectivity index (χ3n) is 4.25. The molecule has 0 radical (unpaired) electrons. The molecular weight excluding hydrogens is 227 g/mol. The standard InChI is InChI=1S/C15H19FN2/c1-18-9-12(14(17)10-5-2-3-6-10)11-7-4-8-13(16)15(11)18/h4,7-10,14H,2-3,5-6,17H2,1H3. The van der Waals surface area contributed by atoms with Crippen LogP contribution in [0.5, 0.6) is 0 Å². The summed E-state index contributed by atoms with van der Waals surface area (Å²) in [5.74, 6) is 0.388. The molecule has 1 aliphatic rings. The van der Waals surface area contributed by atoms with Crippen molar-refractivity contribution >= 4 is 10.9 Å². The van der Waals surface area contributed by atoms with Crippen LogP contribution in [0.4, 0.5) is 4.39 Å². The largest absolute Gasteiger partial charge is 0.348 e. The van der Waals surface area contributed by atoms with E-state index in [1.165, 1.54) is 31.7 Å². The fourth-order valence-corrected chi connectivity index (χ4v) is 3.29. The number of fused-ring (bicyclic) bond motifs is 1. The van der Waals surface area contributed by atoms with Crippen molar-refractivity contribution in [1.29, 1.82) is 0 Å². The average Bonchev–Trinajstić information content (AvgIpc) is 2.97. The molecule has 0 saturated heterocycles. The molecule has 18 heavy (non-hydrogen) atoms. The number of hydrogen-bond acceptors (Lipinski definition) is 1. The van der Waals surface area contributed by atoms with Crippen LogP contribution >= 0.6 is 0 Å². The van der Waals surface area contributed by atoms with Crippen molar-refractivity contribution in [3.8, 4) is 0 Å². The first-order chi connectivity index (χ1) is 8.68.